The highest BCUT2D eigenvalue weighted by molar-refractivity contribution is 4.97. The number of aryl methyl sites for hydroxylation is 1. The lowest BCUT2D eigenvalue weighted by Crippen LogP contribution is -2.57. The molecular weight excluding hydrogens is 190 g/mol. The van der Waals surface area contributed by atoms with Crippen LogP contribution in [0.15, 0.2) is 6.20 Å². The summed E-state index contributed by atoms with van der Waals surface area (Å²) in [5, 5.41) is 11.5. The maximum atomic E-state index is 4.13. The predicted molar refractivity (Wildman–Crippen MR) is 58.4 cm³/mol. The van der Waals surface area contributed by atoms with Gasteiger partial charge in [-0.15, -0.1) is 5.10 Å². The van der Waals surface area contributed by atoms with Crippen molar-refractivity contribution in [1.82, 2.24) is 25.2 Å². The van der Waals surface area contributed by atoms with Crippen LogP contribution in [0.25, 0.3) is 0 Å². The Bertz CT molecular complexity index is 330. The summed E-state index contributed by atoms with van der Waals surface area (Å²) < 4.78 is 1.75. The number of piperazine rings is 1. The van der Waals surface area contributed by atoms with Crippen LogP contribution in [0.3, 0.4) is 0 Å². The number of hydrogen-bond acceptors (Lipinski definition) is 4. The number of hydrogen-bond donors (Lipinski definition) is 1. The van der Waals surface area contributed by atoms with Crippen molar-refractivity contribution in [3.05, 3.63) is 11.9 Å². The van der Waals surface area contributed by atoms with Gasteiger partial charge in [-0.1, -0.05) is 5.21 Å². The molecule has 0 bridgehead atoms. The van der Waals surface area contributed by atoms with Crippen LogP contribution in [0, 0.1) is 0 Å². The first-order valence-corrected chi connectivity index (χ1v) is 5.39. The van der Waals surface area contributed by atoms with E-state index in [1.807, 2.05) is 13.2 Å². The molecule has 84 valence electrons. The normalized spacial score (nSPS) is 21.8. The summed E-state index contributed by atoms with van der Waals surface area (Å²) in [7, 11) is 1.90. The Kier molecular flexibility index (Phi) is 2.75. The van der Waals surface area contributed by atoms with Gasteiger partial charge in [0.2, 0.25) is 0 Å². The van der Waals surface area contributed by atoms with Crippen molar-refractivity contribution in [2.75, 3.05) is 19.6 Å². The lowest BCUT2D eigenvalue weighted by atomic mass is 10.00. The van der Waals surface area contributed by atoms with Crippen molar-refractivity contribution in [2.45, 2.75) is 25.9 Å². The molecule has 0 amide bonds. The van der Waals surface area contributed by atoms with Crippen LogP contribution in [0.5, 0.6) is 0 Å². The van der Waals surface area contributed by atoms with Crippen LogP contribution in [0.4, 0.5) is 0 Å². The topological polar surface area (TPSA) is 46.0 Å². The first-order chi connectivity index (χ1) is 7.08. The molecule has 1 aliphatic heterocycles. The van der Waals surface area contributed by atoms with Gasteiger partial charge in [0.1, 0.15) is 0 Å². The van der Waals surface area contributed by atoms with Crippen LogP contribution in [0.2, 0.25) is 0 Å². The van der Waals surface area contributed by atoms with E-state index >= 15 is 0 Å². The van der Waals surface area contributed by atoms with E-state index in [1.165, 1.54) is 0 Å². The molecule has 0 saturated carbocycles. The van der Waals surface area contributed by atoms with Gasteiger partial charge >= 0.3 is 0 Å². The fourth-order valence-electron chi connectivity index (χ4n) is 1.98. The standard InChI is InChI=1S/C10H19N5/c1-10(2)8-11-4-5-15(10)7-9-6-14(3)13-12-9/h6,11H,4-5,7-8H2,1-3H3. The number of nitrogens with zero attached hydrogens (tertiary/aromatic N) is 4. The van der Waals surface area contributed by atoms with E-state index in [-0.39, 0.29) is 5.54 Å². The minimum Gasteiger partial charge on any atom is -0.314 e. The second-order valence-electron chi connectivity index (χ2n) is 4.79. The van der Waals surface area contributed by atoms with Crippen molar-refractivity contribution < 1.29 is 0 Å². The number of nitrogens with one attached hydrogen (secondary N) is 1. The third kappa shape index (κ3) is 2.35. The zero-order valence-electron chi connectivity index (χ0n) is 9.69. The SMILES string of the molecule is Cn1cc(CN2CCNCC2(C)C)nn1. The van der Waals surface area contributed by atoms with Crippen LogP contribution in [0.1, 0.15) is 19.5 Å². The largest absolute Gasteiger partial charge is 0.314 e. The molecule has 1 fully saturated rings. The van der Waals surface area contributed by atoms with E-state index in [4.69, 9.17) is 0 Å². The zero-order chi connectivity index (χ0) is 10.9. The molecule has 1 aromatic heterocycles. The summed E-state index contributed by atoms with van der Waals surface area (Å²) >= 11 is 0. The Hall–Kier alpha value is -0.940. The first-order valence-electron chi connectivity index (χ1n) is 5.39. The van der Waals surface area contributed by atoms with Gasteiger partial charge in [0.15, 0.2) is 0 Å². The van der Waals surface area contributed by atoms with Gasteiger partial charge in [0.25, 0.3) is 0 Å². The summed E-state index contributed by atoms with van der Waals surface area (Å²) in [6, 6.07) is 0. The van der Waals surface area contributed by atoms with Gasteiger partial charge in [-0.3, -0.25) is 9.58 Å². The van der Waals surface area contributed by atoms with E-state index in [0.717, 1.165) is 31.9 Å². The Morgan fingerprint density at radius 2 is 2.33 bits per heavy atom. The minimum absolute atomic E-state index is 0.204. The van der Waals surface area contributed by atoms with Crippen molar-refractivity contribution in [1.29, 1.82) is 0 Å². The van der Waals surface area contributed by atoms with Crippen LogP contribution < -0.4 is 5.32 Å². The molecule has 5 heteroatoms. The molecular formula is C10H19N5. The Morgan fingerprint density at radius 3 is 2.93 bits per heavy atom. The molecule has 1 aliphatic rings. The number of aromatic nitrogens is 3. The van der Waals surface area contributed by atoms with Gasteiger partial charge < -0.3 is 5.32 Å². The van der Waals surface area contributed by atoms with E-state index < -0.39 is 0 Å². The average Bonchev–Trinajstić information content (AvgIpc) is 2.55. The molecule has 0 radical (unpaired) electrons. The fraction of sp³-hybridized carbons (Fsp3) is 0.800. The first kappa shape index (κ1) is 10.6. The summed E-state index contributed by atoms with van der Waals surface area (Å²) in [5.41, 5.74) is 1.25. The average molecular weight is 209 g/mol. The van der Waals surface area contributed by atoms with E-state index in [1.54, 1.807) is 4.68 Å². The molecule has 0 spiro atoms. The monoisotopic (exact) mass is 209 g/mol. The molecule has 5 nitrogen and oxygen atoms in total. The highest BCUT2D eigenvalue weighted by atomic mass is 15.4. The summed E-state index contributed by atoms with van der Waals surface area (Å²) in [4.78, 5) is 2.45. The predicted octanol–water partition coefficient (Wildman–Crippen LogP) is -0.00110. The van der Waals surface area contributed by atoms with Gasteiger partial charge in [-0.05, 0) is 13.8 Å². The fourth-order valence-corrected chi connectivity index (χ4v) is 1.98. The maximum absolute atomic E-state index is 4.13. The molecule has 0 aromatic carbocycles. The van der Waals surface area contributed by atoms with E-state index in [0.29, 0.717) is 0 Å². The van der Waals surface area contributed by atoms with Gasteiger partial charge in [0.05, 0.1) is 5.69 Å². The quantitative estimate of drug-likeness (QED) is 0.744. The van der Waals surface area contributed by atoms with E-state index in [2.05, 4.69) is 34.4 Å². The number of rotatable bonds is 2. The van der Waals surface area contributed by atoms with Gasteiger partial charge in [-0.25, -0.2) is 0 Å². The Morgan fingerprint density at radius 1 is 1.53 bits per heavy atom. The molecule has 1 saturated heterocycles. The van der Waals surface area contributed by atoms with Crippen LogP contribution in [-0.2, 0) is 13.6 Å². The van der Waals surface area contributed by atoms with E-state index in [9.17, 15) is 0 Å². The zero-order valence-corrected chi connectivity index (χ0v) is 9.69. The summed E-state index contributed by atoms with van der Waals surface area (Å²) in [6.07, 6.45) is 1.98. The van der Waals surface area contributed by atoms with Crippen LogP contribution >= 0.6 is 0 Å². The second-order valence-corrected chi connectivity index (χ2v) is 4.79. The highest BCUT2D eigenvalue weighted by Crippen LogP contribution is 2.18. The molecule has 1 aromatic rings. The second kappa shape index (κ2) is 3.90. The van der Waals surface area contributed by atoms with Crippen molar-refractivity contribution in [3.8, 4) is 0 Å². The smallest absolute Gasteiger partial charge is 0.0967 e. The lowest BCUT2D eigenvalue weighted by molar-refractivity contribution is 0.0814. The summed E-state index contributed by atoms with van der Waals surface area (Å²) in [5.74, 6) is 0. The summed E-state index contributed by atoms with van der Waals surface area (Å²) in [6.45, 7) is 8.58. The molecule has 15 heavy (non-hydrogen) atoms. The Labute approximate surface area is 90.5 Å². The van der Waals surface area contributed by atoms with Gasteiger partial charge in [0, 0.05) is 45.0 Å². The third-order valence-corrected chi connectivity index (χ3v) is 2.98. The molecule has 2 rings (SSSR count). The lowest BCUT2D eigenvalue weighted by Gasteiger charge is -2.42. The highest BCUT2D eigenvalue weighted by Gasteiger charge is 2.29. The molecule has 1 N–H and O–H groups in total. The molecule has 0 aliphatic carbocycles. The molecule has 0 atom stereocenters. The van der Waals surface area contributed by atoms with Crippen molar-refractivity contribution in [3.63, 3.8) is 0 Å². The Balaban J connectivity index is 2.04. The third-order valence-electron chi connectivity index (χ3n) is 2.98. The van der Waals surface area contributed by atoms with Crippen molar-refractivity contribution in [2.24, 2.45) is 7.05 Å². The molecule has 2 heterocycles. The van der Waals surface area contributed by atoms with Crippen LogP contribution in [-0.4, -0.2) is 45.1 Å². The minimum atomic E-state index is 0.204. The molecule has 0 unspecified atom stereocenters. The maximum Gasteiger partial charge on any atom is 0.0967 e. The van der Waals surface area contributed by atoms with Crippen molar-refractivity contribution >= 4 is 0 Å². The van der Waals surface area contributed by atoms with Gasteiger partial charge in [-0.2, -0.15) is 0 Å².